The number of carbonyl (C=O) groups excluding carboxylic acids is 1. The van der Waals surface area contributed by atoms with E-state index in [1.165, 1.54) is 18.3 Å². The lowest BCUT2D eigenvalue weighted by atomic mass is 10.3. The molecule has 0 saturated heterocycles. The highest BCUT2D eigenvalue weighted by molar-refractivity contribution is 6.30. The van der Waals surface area contributed by atoms with Crippen LogP contribution in [-0.4, -0.2) is 38.7 Å². The van der Waals surface area contributed by atoms with Crippen LogP contribution in [0.5, 0.6) is 0 Å². The van der Waals surface area contributed by atoms with Gasteiger partial charge in [0.25, 0.3) is 5.91 Å². The zero-order valence-corrected chi connectivity index (χ0v) is 11.3. The Labute approximate surface area is 119 Å². The molecular formula is C12H12ClFN4O2. The topological polar surface area (TPSA) is 80.0 Å². The fourth-order valence-corrected chi connectivity index (χ4v) is 1.67. The van der Waals surface area contributed by atoms with Gasteiger partial charge in [-0.3, -0.25) is 4.79 Å². The third-order valence-corrected chi connectivity index (χ3v) is 2.85. The number of nitrogens with one attached hydrogen (secondary N) is 1. The van der Waals surface area contributed by atoms with E-state index in [1.807, 2.05) is 0 Å². The summed E-state index contributed by atoms with van der Waals surface area (Å²) < 4.78 is 14.9. The number of amides is 1. The van der Waals surface area contributed by atoms with Crippen LogP contribution in [0.15, 0.2) is 24.4 Å². The molecule has 1 amide bonds. The maximum atomic E-state index is 13.8. The summed E-state index contributed by atoms with van der Waals surface area (Å²) >= 11 is 5.68. The monoisotopic (exact) mass is 298 g/mol. The Balaban J connectivity index is 2.25. The van der Waals surface area contributed by atoms with Gasteiger partial charge in [-0.1, -0.05) is 22.9 Å². The van der Waals surface area contributed by atoms with Crippen molar-refractivity contribution in [2.75, 3.05) is 6.61 Å². The number of halogens is 2. The van der Waals surface area contributed by atoms with Gasteiger partial charge in [0.1, 0.15) is 5.69 Å². The van der Waals surface area contributed by atoms with Gasteiger partial charge in [-0.15, -0.1) is 5.10 Å². The molecule has 1 heterocycles. The van der Waals surface area contributed by atoms with Crippen molar-refractivity contribution < 1.29 is 14.3 Å². The predicted octanol–water partition coefficient (Wildman–Crippen LogP) is 1.17. The molecule has 0 bridgehead atoms. The van der Waals surface area contributed by atoms with Crippen LogP contribution in [-0.2, 0) is 0 Å². The molecule has 2 rings (SSSR count). The van der Waals surface area contributed by atoms with Gasteiger partial charge >= 0.3 is 0 Å². The van der Waals surface area contributed by atoms with E-state index in [-0.39, 0.29) is 23.0 Å². The zero-order chi connectivity index (χ0) is 14.7. The van der Waals surface area contributed by atoms with Crippen LogP contribution >= 0.6 is 11.6 Å². The SMILES string of the molecule is CC(CO)NC(=O)c1cn(-c2cccc(Cl)c2F)nn1. The number of hydrogen-bond donors (Lipinski definition) is 2. The number of benzene rings is 1. The van der Waals surface area contributed by atoms with Crippen molar-refractivity contribution in [2.45, 2.75) is 13.0 Å². The predicted molar refractivity (Wildman–Crippen MR) is 70.3 cm³/mol. The Hall–Kier alpha value is -1.99. The standard InChI is InChI=1S/C12H12ClFN4O2/c1-7(6-19)15-12(20)9-5-18(17-16-9)10-4-2-3-8(13)11(10)14/h2-5,7,19H,6H2,1H3,(H,15,20). The quantitative estimate of drug-likeness (QED) is 0.888. The van der Waals surface area contributed by atoms with Crippen molar-refractivity contribution in [3.05, 3.63) is 40.9 Å². The fraction of sp³-hybridized carbons (Fsp3) is 0.250. The Morgan fingerprint density at radius 2 is 2.35 bits per heavy atom. The molecule has 0 aliphatic rings. The van der Waals surface area contributed by atoms with Crippen molar-refractivity contribution in [3.63, 3.8) is 0 Å². The van der Waals surface area contributed by atoms with Crippen molar-refractivity contribution >= 4 is 17.5 Å². The van der Waals surface area contributed by atoms with E-state index in [1.54, 1.807) is 13.0 Å². The third-order valence-electron chi connectivity index (χ3n) is 2.56. The van der Waals surface area contributed by atoms with Gasteiger partial charge < -0.3 is 10.4 Å². The van der Waals surface area contributed by atoms with Crippen molar-refractivity contribution in [3.8, 4) is 5.69 Å². The highest BCUT2D eigenvalue weighted by atomic mass is 35.5. The first-order chi connectivity index (χ1) is 9.52. The lowest BCUT2D eigenvalue weighted by Gasteiger charge is -2.08. The van der Waals surface area contributed by atoms with Crippen LogP contribution in [0, 0.1) is 5.82 Å². The van der Waals surface area contributed by atoms with Crippen LogP contribution in [0.4, 0.5) is 4.39 Å². The van der Waals surface area contributed by atoms with Crippen LogP contribution in [0.1, 0.15) is 17.4 Å². The molecule has 0 spiro atoms. The molecule has 1 aromatic carbocycles. The third kappa shape index (κ3) is 2.94. The van der Waals surface area contributed by atoms with Gasteiger partial charge in [-0.25, -0.2) is 9.07 Å². The van der Waals surface area contributed by atoms with E-state index < -0.39 is 17.8 Å². The minimum absolute atomic E-state index is 0.0182. The number of aliphatic hydroxyl groups excluding tert-OH is 1. The van der Waals surface area contributed by atoms with Crippen LogP contribution in [0.3, 0.4) is 0 Å². The molecule has 0 aliphatic heterocycles. The second-order valence-electron chi connectivity index (χ2n) is 4.18. The maximum Gasteiger partial charge on any atom is 0.273 e. The summed E-state index contributed by atoms with van der Waals surface area (Å²) in [5.74, 6) is -1.14. The molecule has 106 valence electrons. The van der Waals surface area contributed by atoms with E-state index in [2.05, 4.69) is 15.6 Å². The van der Waals surface area contributed by atoms with Gasteiger partial charge in [0, 0.05) is 6.04 Å². The summed E-state index contributed by atoms with van der Waals surface area (Å²) in [5.41, 5.74) is 0.115. The lowest BCUT2D eigenvalue weighted by molar-refractivity contribution is 0.0917. The average molecular weight is 299 g/mol. The second-order valence-corrected chi connectivity index (χ2v) is 4.59. The highest BCUT2D eigenvalue weighted by Crippen LogP contribution is 2.20. The van der Waals surface area contributed by atoms with E-state index in [9.17, 15) is 9.18 Å². The molecule has 0 fully saturated rings. The molecular weight excluding hydrogens is 287 g/mol. The highest BCUT2D eigenvalue weighted by Gasteiger charge is 2.15. The van der Waals surface area contributed by atoms with Crippen LogP contribution in [0.2, 0.25) is 5.02 Å². The molecule has 1 unspecified atom stereocenters. The first-order valence-electron chi connectivity index (χ1n) is 5.81. The van der Waals surface area contributed by atoms with Crippen molar-refractivity contribution in [1.82, 2.24) is 20.3 Å². The largest absolute Gasteiger partial charge is 0.394 e. The normalized spacial score (nSPS) is 12.2. The van der Waals surface area contributed by atoms with Crippen molar-refractivity contribution in [1.29, 1.82) is 0 Å². The summed E-state index contributed by atoms with van der Waals surface area (Å²) in [6.45, 7) is 1.45. The second kappa shape index (κ2) is 5.98. The molecule has 1 atom stereocenters. The summed E-state index contributed by atoms with van der Waals surface area (Å²) in [6, 6.07) is 4.04. The average Bonchev–Trinajstić information content (AvgIpc) is 2.91. The molecule has 6 nitrogen and oxygen atoms in total. The molecule has 0 saturated carbocycles. The number of hydrogen-bond acceptors (Lipinski definition) is 4. The van der Waals surface area contributed by atoms with E-state index in [0.29, 0.717) is 0 Å². The summed E-state index contributed by atoms with van der Waals surface area (Å²) in [7, 11) is 0. The van der Waals surface area contributed by atoms with Gasteiger partial charge in [0.2, 0.25) is 0 Å². The lowest BCUT2D eigenvalue weighted by Crippen LogP contribution is -2.35. The Morgan fingerprint density at radius 1 is 1.60 bits per heavy atom. The maximum absolute atomic E-state index is 13.8. The van der Waals surface area contributed by atoms with Gasteiger partial charge in [-0.05, 0) is 19.1 Å². The van der Waals surface area contributed by atoms with E-state index in [0.717, 1.165) is 4.68 Å². The summed E-state index contributed by atoms with van der Waals surface area (Å²) in [5, 5.41) is 18.7. The number of carbonyl (C=O) groups is 1. The zero-order valence-electron chi connectivity index (χ0n) is 10.5. The Bertz CT molecular complexity index is 632. The number of nitrogens with zero attached hydrogens (tertiary/aromatic N) is 3. The molecule has 1 aromatic heterocycles. The van der Waals surface area contributed by atoms with E-state index >= 15 is 0 Å². The molecule has 2 N–H and O–H groups in total. The van der Waals surface area contributed by atoms with Gasteiger partial charge in [-0.2, -0.15) is 0 Å². The molecule has 0 radical (unpaired) electrons. The first kappa shape index (κ1) is 14.4. The van der Waals surface area contributed by atoms with Gasteiger partial charge in [0.05, 0.1) is 17.8 Å². The first-order valence-corrected chi connectivity index (χ1v) is 6.19. The minimum Gasteiger partial charge on any atom is -0.394 e. The minimum atomic E-state index is -0.644. The van der Waals surface area contributed by atoms with Crippen molar-refractivity contribution in [2.24, 2.45) is 0 Å². The van der Waals surface area contributed by atoms with Crippen LogP contribution < -0.4 is 5.32 Å². The Kier molecular flexibility index (Phi) is 4.31. The fourth-order valence-electron chi connectivity index (χ4n) is 1.50. The Morgan fingerprint density at radius 3 is 3.05 bits per heavy atom. The number of rotatable bonds is 4. The summed E-state index contributed by atoms with van der Waals surface area (Å²) in [6.07, 6.45) is 1.29. The van der Waals surface area contributed by atoms with E-state index in [4.69, 9.17) is 16.7 Å². The molecule has 2 aromatic rings. The number of aliphatic hydroxyl groups is 1. The molecule has 8 heteroatoms. The number of aromatic nitrogens is 3. The van der Waals surface area contributed by atoms with Gasteiger partial charge in [0.15, 0.2) is 11.5 Å². The molecule has 0 aliphatic carbocycles. The van der Waals surface area contributed by atoms with Crippen LogP contribution in [0.25, 0.3) is 5.69 Å². The summed E-state index contributed by atoms with van der Waals surface area (Å²) in [4.78, 5) is 11.8. The smallest absolute Gasteiger partial charge is 0.273 e. The molecule has 20 heavy (non-hydrogen) atoms.